The summed E-state index contributed by atoms with van der Waals surface area (Å²) in [7, 11) is 1.59. The van der Waals surface area contributed by atoms with Crippen LogP contribution in [-0.2, 0) is 22.7 Å². The van der Waals surface area contributed by atoms with Gasteiger partial charge >= 0.3 is 5.97 Å². The molecular formula is C29H27BrN4O4. The first-order valence-corrected chi connectivity index (χ1v) is 12.9. The highest BCUT2D eigenvalue weighted by atomic mass is 79.9. The van der Waals surface area contributed by atoms with Crippen LogP contribution in [0.3, 0.4) is 0 Å². The maximum atomic E-state index is 13.4. The van der Waals surface area contributed by atoms with E-state index < -0.39 is 12.0 Å². The predicted molar refractivity (Wildman–Crippen MR) is 147 cm³/mol. The zero-order valence-electron chi connectivity index (χ0n) is 21.3. The second-order valence-corrected chi connectivity index (χ2v) is 9.82. The van der Waals surface area contributed by atoms with E-state index >= 15 is 0 Å². The number of benzene rings is 3. The smallest absolute Gasteiger partial charge is 0.338 e. The Morgan fingerprint density at radius 1 is 1.03 bits per heavy atom. The molecule has 1 aromatic heterocycles. The summed E-state index contributed by atoms with van der Waals surface area (Å²) in [5, 5.41) is 7.57. The van der Waals surface area contributed by atoms with Crippen molar-refractivity contribution in [3.8, 4) is 11.5 Å². The summed E-state index contributed by atoms with van der Waals surface area (Å²) in [6.45, 7) is 4.42. The number of fused-ring (bicyclic) bond motifs is 1. The molecule has 0 radical (unpaired) electrons. The maximum Gasteiger partial charge on any atom is 0.338 e. The van der Waals surface area contributed by atoms with Gasteiger partial charge in [0.15, 0.2) is 11.5 Å². The lowest BCUT2D eigenvalue weighted by atomic mass is 9.95. The van der Waals surface area contributed by atoms with Gasteiger partial charge in [-0.05, 0) is 58.6 Å². The molecule has 0 aliphatic carbocycles. The van der Waals surface area contributed by atoms with Gasteiger partial charge in [-0.3, -0.25) is 0 Å². The lowest BCUT2D eigenvalue weighted by Gasteiger charge is -2.29. The van der Waals surface area contributed by atoms with Gasteiger partial charge in [0.05, 0.1) is 17.2 Å². The van der Waals surface area contributed by atoms with Crippen LogP contribution in [0.1, 0.15) is 35.2 Å². The number of ether oxygens (including phenoxy) is 3. The van der Waals surface area contributed by atoms with Crippen LogP contribution in [0.4, 0.5) is 5.95 Å². The van der Waals surface area contributed by atoms with E-state index in [1.807, 2.05) is 74.5 Å². The number of nitrogens with one attached hydrogen (secondary N) is 1. The highest BCUT2D eigenvalue weighted by Crippen LogP contribution is 2.43. The number of halogens is 1. The number of rotatable bonds is 8. The molecule has 1 atom stereocenters. The van der Waals surface area contributed by atoms with E-state index in [1.165, 1.54) is 6.33 Å². The Morgan fingerprint density at radius 2 is 1.82 bits per heavy atom. The number of esters is 1. The molecule has 0 saturated carbocycles. The van der Waals surface area contributed by atoms with E-state index in [-0.39, 0.29) is 6.61 Å². The van der Waals surface area contributed by atoms with Crippen molar-refractivity contribution < 1.29 is 19.0 Å². The predicted octanol–water partition coefficient (Wildman–Crippen LogP) is 5.97. The minimum absolute atomic E-state index is 0.159. The van der Waals surface area contributed by atoms with Crippen molar-refractivity contribution in [2.45, 2.75) is 33.1 Å². The highest BCUT2D eigenvalue weighted by molar-refractivity contribution is 9.10. The summed E-state index contributed by atoms with van der Waals surface area (Å²) in [5.41, 5.74) is 4.95. The van der Waals surface area contributed by atoms with Gasteiger partial charge in [0.1, 0.15) is 25.6 Å². The highest BCUT2D eigenvalue weighted by Gasteiger charge is 2.35. The number of carbonyl (C=O) groups is 1. The monoisotopic (exact) mass is 574 g/mol. The van der Waals surface area contributed by atoms with Gasteiger partial charge in [0, 0.05) is 5.70 Å². The number of hydrogen-bond donors (Lipinski definition) is 1. The second-order valence-electron chi connectivity index (χ2n) is 8.97. The molecule has 1 unspecified atom stereocenters. The molecule has 3 aromatic carbocycles. The van der Waals surface area contributed by atoms with Crippen LogP contribution in [0.25, 0.3) is 0 Å². The van der Waals surface area contributed by atoms with E-state index in [1.54, 1.807) is 11.8 Å². The van der Waals surface area contributed by atoms with Crippen LogP contribution < -0.4 is 14.8 Å². The first kappa shape index (κ1) is 25.5. The molecule has 0 amide bonds. The van der Waals surface area contributed by atoms with Crippen LogP contribution >= 0.6 is 15.9 Å². The molecule has 194 valence electrons. The normalized spacial score (nSPS) is 14.5. The Balaban J connectivity index is 1.47. The molecule has 0 spiro atoms. The molecule has 1 aliphatic heterocycles. The number of carbonyl (C=O) groups excluding carboxylic acids is 1. The largest absolute Gasteiger partial charge is 0.493 e. The SMILES string of the molecule is COc1cc(C2C(C(=O)OCc3ccccc3)=C(C)Nc3ncnn32)cc(Br)c1OCc1cccc(C)c1. The third-order valence-corrected chi connectivity index (χ3v) is 6.85. The Labute approximate surface area is 229 Å². The molecule has 1 aliphatic rings. The minimum Gasteiger partial charge on any atom is -0.493 e. The van der Waals surface area contributed by atoms with Gasteiger partial charge in [-0.15, -0.1) is 0 Å². The van der Waals surface area contributed by atoms with Gasteiger partial charge in [-0.25, -0.2) is 9.48 Å². The van der Waals surface area contributed by atoms with Crippen LogP contribution in [0.5, 0.6) is 11.5 Å². The molecule has 2 heterocycles. The van der Waals surface area contributed by atoms with Crippen LogP contribution in [0.15, 0.2) is 88.8 Å². The summed E-state index contributed by atoms with van der Waals surface area (Å²) in [5.74, 6) is 1.18. The van der Waals surface area contributed by atoms with Crippen molar-refractivity contribution >= 4 is 27.8 Å². The fourth-order valence-electron chi connectivity index (χ4n) is 4.46. The first-order chi connectivity index (χ1) is 18.4. The molecule has 38 heavy (non-hydrogen) atoms. The number of anilines is 1. The Morgan fingerprint density at radius 3 is 2.58 bits per heavy atom. The fraction of sp³-hybridized carbons (Fsp3) is 0.207. The van der Waals surface area contributed by atoms with Gasteiger partial charge in [0.25, 0.3) is 0 Å². The minimum atomic E-state index is -0.590. The van der Waals surface area contributed by atoms with Gasteiger partial charge in [-0.1, -0.05) is 60.2 Å². The van der Waals surface area contributed by atoms with E-state index in [9.17, 15) is 4.79 Å². The Bertz CT molecular complexity index is 1500. The molecule has 1 N–H and O–H groups in total. The first-order valence-electron chi connectivity index (χ1n) is 12.1. The lowest BCUT2D eigenvalue weighted by Crippen LogP contribution is -2.29. The summed E-state index contributed by atoms with van der Waals surface area (Å²) in [4.78, 5) is 17.8. The molecule has 9 heteroatoms. The van der Waals surface area contributed by atoms with Crippen molar-refractivity contribution in [1.29, 1.82) is 0 Å². The average molecular weight is 575 g/mol. The molecule has 5 rings (SSSR count). The van der Waals surface area contributed by atoms with E-state index in [0.717, 1.165) is 22.3 Å². The molecule has 0 saturated heterocycles. The summed E-state index contributed by atoms with van der Waals surface area (Å²) < 4.78 is 20.0. The van der Waals surface area contributed by atoms with E-state index in [4.69, 9.17) is 14.2 Å². The van der Waals surface area contributed by atoms with E-state index in [2.05, 4.69) is 37.4 Å². The summed E-state index contributed by atoms with van der Waals surface area (Å²) >= 11 is 3.66. The molecule has 0 fully saturated rings. The van der Waals surface area contributed by atoms with Gasteiger partial charge < -0.3 is 19.5 Å². The van der Waals surface area contributed by atoms with Crippen molar-refractivity contribution in [2.75, 3.05) is 12.4 Å². The lowest BCUT2D eigenvalue weighted by molar-refractivity contribution is -0.140. The standard InChI is InChI=1S/C29H27BrN4O4/c1-18-8-7-11-21(12-18)16-37-27-23(30)13-22(14-24(27)36-3)26-25(19(2)33-29-31-17-32-34(26)29)28(35)38-15-20-9-5-4-6-10-20/h4-14,17,26H,15-16H2,1-3H3,(H,31,32,33). The fourth-order valence-corrected chi connectivity index (χ4v) is 5.03. The molecular weight excluding hydrogens is 548 g/mol. The second kappa shape index (κ2) is 11.1. The summed E-state index contributed by atoms with van der Waals surface area (Å²) in [6, 6.07) is 20.9. The van der Waals surface area contributed by atoms with Crippen molar-refractivity contribution in [2.24, 2.45) is 0 Å². The van der Waals surface area contributed by atoms with Crippen molar-refractivity contribution in [1.82, 2.24) is 14.8 Å². The van der Waals surface area contributed by atoms with Gasteiger partial charge in [-0.2, -0.15) is 10.1 Å². The number of hydrogen-bond acceptors (Lipinski definition) is 7. The molecule has 4 aromatic rings. The average Bonchev–Trinajstić information content (AvgIpc) is 3.38. The molecule has 0 bridgehead atoms. The number of aryl methyl sites for hydroxylation is 1. The van der Waals surface area contributed by atoms with Crippen LogP contribution in [0, 0.1) is 6.92 Å². The quantitative estimate of drug-likeness (QED) is 0.259. The van der Waals surface area contributed by atoms with Crippen molar-refractivity contribution in [3.63, 3.8) is 0 Å². The zero-order valence-corrected chi connectivity index (χ0v) is 22.9. The van der Waals surface area contributed by atoms with Gasteiger partial charge in [0.2, 0.25) is 5.95 Å². The van der Waals surface area contributed by atoms with Crippen molar-refractivity contribution in [3.05, 3.63) is 111 Å². The third-order valence-electron chi connectivity index (χ3n) is 6.26. The summed E-state index contributed by atoms with van der Waals surface area (Å²) in [6.07, 6.45) is 1.45. The topological polar surface area (TPSA) is 87.5 Å². The Hall–Kier alpha value is -4.11. The Kier molecular flexibility index (Phi) is 7.46. The number of methoxy groups -OCH3 is 1. The number of nitrogens with zero attached hydrogens (tertiary/aromatic N) is 3. The number of allylic oxidation sites excluding steroid dienone is 1. The maximum absolute atomic E-state index is 13.4. The van der Waals surface area contributed by atoms with E-state index in [0.29, 0.717) is 39.8 Å². The third kappa shape index (κ3) is 5.28. The van der Waals surface area contributed by atoms with Crippen LogP contribution in [-0.4, -0.2) is 27.8 Å². The van der Waals surface area contributed by atoms with Crippen LogP contribution in [0.2, 0.25) is 0 Å². The zero-order chi connectivity index (χ0) is 26.6. The molecule has 8 nitrogen and oxygen atoms in total. The number of aromatic nitrogens is 3.